The summed E-state index contributed by atoms with van der Waals surface area (Å²) in [6, 6.07) is 12.9. The molecule has 0 spiro atoms. The monoisotopic (exact) mass is 287 g/mol. The molecule has 0 atom stereocenters. The molecule has 1 aromatic carbocycles. The number of pyridine rings is 1. The summed E-state index contributed by atoms with van der Waals surface area (Å²) in [6.45, 7) is 0.458. The molecule has 110 valence electrons. The highest BCUT2D eigenvalue weighted by molar-refractivity contribution is 5.75. The lowest BCUT2D eigenvalue weighted by atomic mass is 10.3. The number of benzene rings is 1. The van der Waals surface area contributed by atoms with Crippen LogP contribution in [0.1, 0.15) is 5.69 Å². The first-order chi connectivity index (χ1) is 10.2. The summed E-state index contributed by atoms with van der Waals surface area (Å²) in [6.07, 6.45) is 0. The SMILES string of the molecule is COc1cccc(CNc2ccc(OCC(N)=O)cc2)n1. The van der Waals surface area contributed by atoms with Gasteiger partial charge < -0.3 is 20.5 Å². The maximum atomic E-state index is 10.6. The number of ether oxygens (including phenoxy) is 2. The van der Waals surface area contributed by atoms with Gasteiger partial charge in [0, 0.05) is 11.8 Å². The van der Waals surface area contributed by atoms with Crippen molar-refractivity contribution in [3.05, 3.63) is 48.2 Å². The Balaban J connectivity index is 1.89. The second-order valence-corrected chi connectivity index (χ2v) is 4.30. The van der Waals surface area contributed by atoms with Crippen molar-refractivity contribution in [1.29, 1.82) is 0 Å². The summed E-state index contributed by atoms with van der Waals surface area (Å²) < 4.78 is 10.3. The molecule has 0 unspecified atom stereocenters. The minimum Gasteiger partial charge on any atom is -0.484 e. The van der Waals surface area contributed by atoms with Gasteiger partial charge in [-0.15, -0.1) is 0 Å². The summed E-state index contributed by atoms with van der Waals surface area (Å²) >= 11 is 0. The van der Waals surface area contributed by atoms with Crippen molar-refractivity contribution in [2.45, 2.75) is 6.54 Å². The maximum absolute atomic E-state index is 10.6. The van der Waals surface area contributed by atoms with E-state index in [1.165, 1.54) is 0 Å². The number of amides is 1. The normalized spacial score (nSPS) is 9.95. The zero-order valence-electron chi connectivity index (χ0n) is 11.7. The number of hydrogen-bond donors (Lipinski definition) is 2. The van der Waals surface area contributed by atoms with E-state index in [-0.39, 0.29) is 6.61 Å². The van der Waals surface area contributed by atoms with Crippen LogP contribution in [0, 0.1) is 0 Å². The predicted octanol–water partition coefficient (Wildman–Crippen LogP) is 1.57. The second kappa shape index (κ2) is 7.14. The van der Waals surface area contributed by atoms with Crippen LogP contribution in [0.15, 0.2) is 42.5 Å². The molecule has 0 aliphatic rings. The van der Waals surface area contributed by atoms with Crippen LogP contribution in [0.3, 0.4) is 0 Å². The Morgan fingerprint density at radius 3 is 2.67 bits per heavy atom. The third-order valence-electron chi connectivity index (χ3n) is 2.70. The molecule has 2 aromatic rings. The quantitative estimate of drug-likeness (QED) is 0.807. The van der Waals surface area contributed by atoms with Crippen LogP contribution in [-0.2, 0) is 11.3 Å². The lowest BCUT2D eigenvalue weighted by molar-refractivity contribution is -0.119. The van der Waals surface area contributed by atoms with Crippen LogP contribution in [0.5, 0.6) is 11.6 Å². The molecule has 0 radical (unpaired) electrons. The Morgan fingerprint density at radius 2 is 2.00 bits per heavy atom. The molecular weight excluding hydrogens is 270 g/mol. The first-order valence-electron chi connectivity index (χ1n) is 6.42. The van der Waals surface area contributed by atoms with Crippen LogP contribution >= 0.6 is 0 Å². The van der Waals surface area contributed by atoms with Gasteiger partial charge in [-0.2, -0.15) is 0 Å². The Labute approximate surface area is 122 Å². The largest absolute Gasteiger partial charge is 0.484 e. The molecule has 6 heteroatoms. The Hall–Kier alpha value is -2.76. The number of nitrogens with zero attached hydrogens (tertiary/aromatic N) is 1. The van der Waals surface area contributed by atoms with Gasteiger partial charge in [-0.05, 0) is 30.3 Å². The molecule has 6 nitrogen and oxygen atoms in total. The van der Waals surface area contributed by atoms with Gasteiger partial charge in [0.2, 0.25) is 5.88 Å². The van der Waals surface area contributed by atoms with E-state index in [1.807, 2.05) is 24.3 Å². The van der Waals surface area contributed by atoms with E-state index in [9.17, 15) is 4.79 Å². The number of carbonyl (C=O) groups is 1. The number of primary amides is 1. The average Bonchev–Trinajstić information content (AvgIpc) is 2.52. The minimum atomic E-state index is -0.499. The van der Waals surface area contributed by atoms with E-state index in [4.69, 9.17) is 15.2 Å². The number of anilines is 1. The molecule has 2 rings (SSSR count). The summed E-state index contributed by atoms with van der Waals surface area (Å²) in [4.78, 5) is 14.9. The Bertz CT molecular complexity index is 599. The lowest BCUT2D eigenvalue weighted by Crippen LogP contribution is -2.19. The van der Waals surface area contributed by atoms with E-state index in [2.05, 4.69) is 10.3 Å². The van der Waals surface area contributed by atoms with Crippen LogP contribution in [-0.4, -0.2) is 24.6 Å². The predicted molar refractivity (Wildman–Crippen MR) is 79.2 cm³/mol. The fraction of sp³-hybridized carbons (Fsp3) is 0.200. The smallest absolute Gasteiger partial charge is 0.255 e. The fourth-order valence-electron chi connectivity index (χ4n) is 1.69. The highest BCUT2D eigenvalue weighted by Crippen LogP contribution is 2.16. The lowest BCUT2D eigenvalue weighted by Gasteiger charge is -2.08. The maximum Gasteiger partial charge on any atom is 0.255 e. The topological polar surface area (TPSA) is 86.5 Å². The number of nitrogens with one attached hydrogen (secondary N) is 1. The van der Waals surface area contributed by atoms with Crippen molar-refractivity contribution >= 4 is 11.6 Å². The summed E-state index contributed by atoms with van der Waals surface area (Å²) in [5.74, 6) is 0.685. The molecule has 0 aliphatic carbocycles. The molecule has 21 heavy (non-hydrogen) atoms. The van der Waals surface area contributed by atoms with Crippen LogP contribution < -0.4 is 20.5 Å². The van der Waals surface area contributed by atoms with Crippen molar-refractivity contribution in [3.8, 4) is 11.6 Å². The van der Waals surface area contributed by atoms with Gasteiger partial charge in [0.05, 0.1) is 19.3 Å². The van der Waals surface area contributed by atoms with Gasteiger partial charge in [-0.3, -0.25) is 4.79 Å². The van der Waals surface area contributed by atoms with Gasteiger partial charge in [0.15, 0.2) is 6.61 Å². The molecule has 0 saturated carbocycles. The van der Waals surface area contributed by atoms with E-state index in [1.54, 1.807) is 25.3 Å². The first-order valence-corrected chi connectivity index (χ1v) is 6.42. The molecule has 1 heterocycles. The average molecular weight is 287 g/mol. The second-order valence-electron chi connectivity index (χ2n) is 4.30. The van der Waals surface area contributed by atoms with E-state index < -0.39 is 5.91 Å². The van der Waals surface area contributed by atoms with Crippen molar-refractivity contribution in [3.63, 3.8) is 0 Å². The van der Waals surface area contributed by atoms with Gasteiger partial charge >= 0.3 is 0 Å². The molecule has 1 amide bonds. The summed E-state index contributed by atoms with van der Waals surface area (Å²) in [5, 5.41) is 3.24. The molecule has 0 fully saturated rings. The minimum absolute atomic E-state index is 0.124. The summed E-state index contributed by atoms with van der Waals surface area (Å²) in [7, 11) is 1.59. The molecular formula is C15H17N3O3. The summed E-state index contributed by atoms with van der Waals surface area (Å²) in [5.41, 5.74) is 6.81. The third-order valence-corrected chi connectivity index (χ3v) is 2.70. The molecule has 0 aliphatic heterocycles. The van der Waals surface area contributed by atoms with Crippen molar-refractivity contribution in [2.24, 2.45) is 5.73 Å². The molecule has 0 bridgehead atoms. The van der Waals surface area contributed by atoms with Gasteiger partial charge in [0.25, 0.3) is 5.91 Å². The Kier molecular flexibility index (Phi) is 4.98. The van der Waals surface area contributed by atoms with E-state index in [0.29, 0.717) is 18.2 Å². The zero-order valence-corrected chi connectivity index (χ0v) is 11.7. The van der Waals surface area contributed by atoms with Gasteiger partial charge in [-0.1, -0.05) is 6.07 Å². The van der Waals surface area contributed by atoms with Crippen LogP contribution in [0.2, 0.25) is 0 Å². The van der Waals surface area contributed by atoms with Crippen molar-refractivity contribution in [1.82, 2.24) is 4.98 Å². The number of nitrogens with two attached hydrogens (primary N) is 1. The number of rotatable bonds is 7. The van der Waals surface area contributed by atoms with Crippen LogP contribution in [0.4, 0.5) is 5.69 Å². The third kappa shape index (κ3) is 4.68. The first kappa shape index (κ1) is 14.6. The fourth-order valence-corrected chi connectivity index (χ4v) is 1.69. The number of methoxy groups -OCH3 is 1. The molecule has 3 N–H and O–H groups in total. The van der Waals surface area contributed by atoms with Crippen LogP contribution in [0.25, 0.3) is 0 Å². The van der Waals surface area contributed by atoms with Crippen molar-refractivity contribution in [2.75, 3.05) is 19.0 Å². The Morgan fingerprint density at radius 1 is 1.24 bits per heavy atom. The standard InChI is InChI=1S/C15H17N3O3/c1-20-15-4-2-3-12(18-15)9-17-11-5-7-13(8-6-11)21-10-14(16)19/h2-8,17H,9-10H2,1H3,(H2,16,19). The molecule has 0 saturated heterocycles. The van der Waals surface area contributed by atoms with Gasteiger partial charge in [0.1, 0.15) is 5.75 Å². The van der Waals surface area contributed by atoms with Gasteiger partial charge in [-0.25, -0.2) is 4.98 Å². The van der Waals surface area contributed by atoms with E-state index >= 15 is 0 Å². The number of carbonyl (C=O) groups excluding carboxylic acids is 1. The molecule has 1 aromatic heterocycles. The number of hydrogen-bond acceptors (Lipinski definition) is 5. The highest BCUT2D eigenvalue weighted by atomic mass is 16.5. The van der Waals surface area contributed by atoms with E-state index in [0.717, 1.165) is 11.4 Å². The highest BCUT2D eigenvalue weighted by Gasteiger charge is 2.00. The van der Waals surface area contributed by atoms with Crippen molar-refractivity contribution < 1.29 is 14.3 Å². The zero-order chi connectivity index (χ0) is 15.1. The number of aromatic nitrogens is 1.